The van der Waals surface area contributed by atoms with E-state index in [4.69, 9.17) is 0 Å². The summed E-state index contributed by atoms with van der Waals surface area (Å²) in [7, 11) is 0. The highest BCUT2D eigenvalue weighted by Gasteiger charge is 2.42. The van der Waals surface area contributed by atoms with Crippen LogP contribution in [0.2, 0.25) is 0 Å². The Morgan fingerprint density at radius 1 is 1.17 bits per heavy atom. The molecule has 2 amide bonds. The Bertz CT molecular complexity index is 1010. The van der Waals surface area contributed by atoms with Gasteiger partial charge in [-0.25, -0.2) is 4.39 Å². The lowest BCUT2D eigenvalue weighted by atomic mass is 9.98. The van der Waals surface area contributed by atoms with Crippen LogP contribution in [0.4, 0.5) is 10.1 Å². The highest BCUT2D eigenvalue weighted by atomic mass is 19.1. The van der Waals surface area contributed by atoms with Gasteiger partial charge in [-0.3, -0.25) is 19.5 Å². The first-order valence-corrected chi connectivity index (χ1v) is 10.1. The van der Waals surface area contributed by atoms with Crippen molar-refractivity contribution in [3.05, 3.63) is 65.0 Å². The molecule has 30 heavy (non-hydrogen) atoms. The third-order valence-electron chi connectivity index (χ3n) is 5.54. The van der Waals surface area contributed by atoms with Gasteiger partial charge in [0.25, 0.3) is 5.91 Å². The number of benzene rings is 2. The minimum absolute atomic E-state index is 0.0599. The zero-order valence-electron chi connectivity index (χ0n) is 17.2. The molecule has 4 rings (SSSR count). The van der Waals surface area contributed by atoms with Crippen LogP contribution < -0.4 is 10.6 Å². The molecule has 2 aromatic carbocycles. The van der Waals surface area contributed by atoms with Gasteiger partial charge in [0, 0.05) is 37.2 Å². The predicted molar refractivity (Wildman–Crippen MR) is 114 cm³/mol. The Labute approximate surface area is 175 Å². The third kappa shape index (κ3) is 4.41. The van der Waals surface area contributed by atoms with Crippen molar-refractivity contribution in [1.82, 2.24) is 10.2 Å². The summed E-state index contributed by atoms with van der Waals surface area (Å²) in [6.07, 6.45) is 1.21. The first-order chi connectivity index (χ1) is 14.3. The molecule has 156 valence electrons. The number of anilines is 1. The fourth-order valence-electron chi connectivity index (χ4n) is 4.16. The molecule has 0 aliphatic carbocycles. The summed E-state index contributed by atoms with van der Waals surface area (Å²) < 4.78 is 13.5. The molecule has 0 unspecified atom stereocenters. The molecular weight excluding hydrogens is 383 g/mol. The highest BCUT2D eigenvalue weighted by Crippen LogP contribution is 2.29. The highest BCUT2D eigenvalue weighted by molar-refractivity contribution is 6.46. The zero-order chi connectivity index (χ0) is 21.3. The molecule has 1 saturated heterocycles. The largest absolute Gasteiger partial charge is 0.326 e. The topological polar surface area (TPSA) is 73.8 Å². The molecule has 6 nitrogen and oxygen atoms in total. The van der Waals surface area contributed by atoms with Gasteiger partial charge in [0.1, 0.15) is 17.2 Å². The van der Waals surface area contributed by atoms with Crippen molar-refractivity contribution in [2.75, 3.05) is 25.0 Å². The molecule has 2 N–H and O–H groups in total. The van der Waals surface area contributed by atoms with Crippen LogP contribution in [0.1, 0.15) is 29.5 Å². The number of aliphatic imine (C=N–C) groups is 1. The number of rotatable bonds is 4. The summed E-state index contributed by atoms with van der Waals surface area (Å²) in [5, 5.41) is 5.93. The normalized spacial score (nSPS) is 18.2. The summed E-state index contributed by atoms with van der Waals surface area (Å²) in [6.45, 7) is 5.57. The Morgan fingerprint density at radius 3 is 2.53 bits per heavy atom. The van der Waals surface area contributed by atoms with Gasteiger partial charge in [-0.05, 0) is 49.2 Å². The number of amides is 2. The number of carbonyl (C=O) groups excluding carboxylic acids is 2. The number of likely N-dealkylation sites (tertiary alicyclic amines) is 1. The van der Waals surface area contributed by atoms with E-state index >= 15 is 0 Å². The average molecular weight is 408 g/mol. The second kappa shape index (κ2) is 7.99. The molecule has 2 aliphatic rings. The molecular formula is C23H25FN4O2. The minimum Gasteiger partial charge on any atom is -0.326 e. The Hall–Kier alpha value is -3.06. The zero-order valence-corrected chi connectivity index (χ0v) is 17.2. The fourth-order valence-corrected chi connectivity index (χ4v) is 4.16. The number of piperidine rings is 1. The number of nitrogens with zero attached hydrogens (tertiary/aromatic N) is 2. The number of hydrogen-bond donors (Lipinski definition) is 2. The molecule has 0 radical (unpaired) electrons. The lowest BCUT2D eigenvalue weighted by Gasteiger charge is -2.36. The van der Waals surface area contributed by atoms with E-state index in [2.05, 4.69) is 26.6 Å². The molecule has 1 fully saturated rings. The maximum absolute atomic E-state index is 13.5. The molecule has 0 saturated carbocycles. The fraction of sp³-hybridized carbons (Fsp3) is 0.348. The van der Waals surface area contributed by atoms with Crippen LogP contribution in [0.5, 0.6) is 0 Å². The summed E-state index contributed by atoms with van der Waals surface area (Å²) in [5.41, 5.74) is 3.11. The number of hydrogen-bond acceptors (Lipinski definition) is 4. The second-order valence-electron chi connectivity index (χ2n) is 8.16. The molecule has 1 spiro atoms. The molecule has 0 aromatic heterocycles. The maximum Gasteiger partial charge on any atom is 0.272 e. The molecule has 7 heteroatoms. The monoisotopic (exact) mass is 408 g/mol. The van der Waals surface area contributed by atoms with Crippen LogP contribution in [0.25, 0.3) is 0 Å². The third-order valence-corrected chi connectivity index (χ3v) is 5.54. The van der Waals surface area contributed by atoms with E-state index in [0.29, 0.717) is 31.5 Å². The van der Waals surface area contributed by atoms with Crippen molar-refractivity contribution < 1.29 is 14.0 Å². The van der Waals surface area contributed by atoms with Crippen LogP contribution >= 0.6 is 0 Å². The number of aryl methyl sites for hydroxylation is 2. The summed E-state index contributed by atoms with van der Waals surface area (Å²) in [4.78, 5) is 31.6. The molecule has 2 aliphatic heterocycles. The standard InChI is InChI=1S/C23H25FN4O2/c1-15-10-16(2)12-19(11-15)25-20(29)14-28-8-6-23(7-9-28)26-21(22(30)27-23)17-4-3-5-18(24)13-17/h3-5,10-13H,6-9,14H2,1-2H3,(H,25,29)(H,27,30). The van der Waals surface area contributed by atoms with Crippen molar-refractivity contribution in [2.24, 2.45) is 4.99 Å². The van der Waals surface area contributed by atoms with Gasteiger partial charge in [-0.2, -0.15) is 0 Å². The van der Waals surface area contributed by atoms with Crippen molar-refractivity contribution >= 4 is 23.2 Å². The lowest BCUT2D eigenvalue weighted by Crippen LogP contribution is -2.52. The van der Waals surface area contributed by atoms with Crippen LogP contribution in [0.3, 0.4) is 0 Å². The van der Waals surface area contributed by atoms with Crippen molar-refractivity contribution in [3.63, 3.8) is 0 Å². The molecule has 2 aromatic rings. The first-order valence-electron chi connectivity index (χ1n) is 10.1. The quantitative estimate of drug-likeness (QED) is 0.817. The van der Waals surface area contributed by atoms with Crippen LogP contribution in [0, 0.1) is 19.7 Å². The SMILES string of the molecule is Cc1cc(C)cc(NC(=O)CN2CCC3(CC2)N=C(c2cccc(F)c2)C(=O)N3)c1. The van der Waals surface area contributed by atoms with E-state index in [1.807, 2.05) is 26.0 Å². The van der Waals surface area contributed by atoms with Gasteiger partial charge in [-0.1, -0.05) is 18.2 Å². The smallest absolute Gasteiger partial charge is 0.272 e. The van der Waals surface area contributed by atoms with Crippen molar-refractivity contribution in [2.45, 2.75) is 32.4 Å². The maximum atomic E-state index is 13.5. The average Bonchev–Trinajstić information content (AvgIpc) is 2.99. The van der Waals surface area contributed by atoms with Crippen LogP contribution in [0.15, 0.2) is 47.5 Å². The van der Waals surface area contributed by atoms with E-state index in [0.717, 1.165) is 16.8 Å². The van der Waals surface area contributed by atoms with E-state index in [9.17, 15) is 14.0 Å². The van der Waals surface area contributed by atoms with Crippen LogP contribution in [-0.4, -0.2) is 47.7 Å². The van der Waals surface area contributed by atoms with Gasteiger partial charge in [0.05, 0.1) is 6.54 Å². The summed E-state index contributed by atoms with van der Waals surface area (Å²) in [6, 6.07) is 11.9. The molecule has 0 atom stereocenters. The van der Waals surface area contributed by atoms with E-state index in [1.54, 1.807) is 12.1 Å². The number of halogens is 1. The summed E-state index contributed by atoms with van der Waals surface area (Å²) >= 11 is 0. The molecule has 2 heterocycles. The van der Waals surface area contributed by atoms with E-state index < -0.39 is 11.5 Å². The van der Waals surface area contributed by atoms with Gasteiger partial charge >= 0.3 is 0 Å². The van der Waals surface area contributed by atoms with E-state index in [-0.39, 0.29) is 24.1 Å². The predicted octanol–water partition coefficient (Wildman–Crippen LogP) is 2.79. The Morgan fingerprint density at radius 2 is 1.87 bits per heavy atom. The van der Waals surface area contributed by atoms with Gasteiger partial charge < -0.3 is 10.6 Å². The Balaban J connectivity index is 1.36. The van der Waals surface area contributed by atoms with Gasteiger partial charge in [0.15, 0.2) is 0 Å². The van der Waals surface area contributed by atoms with Gasteiger partial charge in [0.2, 0.25) is 5.91 Å². The second-order valence-corrected chi connectivity index (χ2v) is 8.16. The van der Waals surface area contributed by atoms with Crippen molar-refractivity contribution in [1.29, 1.82) is 0 Å². The van der Waals surface area contributed by atoms with E-state index in [1.165, 1.54) is 12.1 Å². The van der Waals surface area contributed by atoms with Crippen LogP contribution in [-0.2, 0) is 9.59 Å². The molecule has 0 bridgehead atoms. The number of nitrogens with one attached hydrogen (secondary N) is 2. The first kappa shape index (κ1) is 20.2. The Kier molecular flexibility index (Phi) is 5.39. The minimum atomic E-state index is -0.667. The van der Waals surface area contributed by atoms with Crippen molar-refractivity contribution in [3.8, 4) is 0 Å². The lowest BCUT2D eigenvalue weighted by molar-refractivity contribution is -0.119. The van der Waals surface area contributed by atoms with Gasteiger partial charge in [-0.15, -0.1) is 0 Å². The number of carbonyl (C=O) groups is 2. The summed E-state index contributed by atoms with van der Waals surface area (Å²) in [5.74, 6) is -0.731.